The van der Waals surface area contributed by atoms with Gasteiger partial charge in [-0.1, -0.05) is 36.0 Å². The third-order valence-electron chi connectivity index (χ3n) is 3.93. The number of hydrogen-bond acceptors (Lipinski definition) is 5. The summed E-state index contributed by atoms with van der Waals surface area (Å²) in [4.78, 5) is 3.18. The van der Waals surface area contributed by atoms with Crippen LogP contribution in [0.25, 0.3) is 0 Å². The van der Waals surface area contributed by atoms with Crippen LogP contribution in [0.2, 0.25) is 0 Å². The fourth-order valence-corrected chi connectivity index (χ4v) is 3.59. The van der Waals surface area contributed by atoms with E-state index in [9.17, 15) is 5.26 Å². The number of para-hydroxylation sites is 3. The summed E-state index contributed by atoms with van der Waals surface area (Å²) in [5, 5.41) is 18.4. The molecule has 0 atom stereocenters. The Balaban J connectivity index is 1.74. The quantitative estimate of drug-likeness (QED) is 0.766. The van der Waals surface area contributed by atoms with Crippen molar-refractivity contribution in [3.63, 3.8) is 0 Å². The van der Waals surface area contributed by atoms with Crippen molar-refractivity contribution in [2.75, 3.05) is 22.6 Å². The topological polar surface area (TPSA) is 51.1 Å². The van der Waals surface area contributed by atoms with Crippen molar-refractivity contribution < 1.29 is 0 Å². The first-order valence-corrected chi connectivity index (χ1v) is 8.13. The molecule has 2 aliphatic heterocycles. The molecule has 0 amide bonds. The standard InChI is InChI=1S/C18H14N4S/c1-22-16-8-4-2-6-13(16)21-18(22)12(10-19)15-11-23-17-9-5-3-7-14(17)20-15/h2-9,11,20-21H,1H3/b18-12+. The number of rotatable bonds is 1. The second kappa shape index (κ2) is 5.41. The van der Waals surface area contributed by atoms with Crippen LogP contribution in [0.4, 0.5) is 17.1 Å². The number of hydrogen-bond donors (Lipinski definition) is 2. The Labute approximate surface area is 139 Å². The van der Waals surface area contributed by atoms with Gasteiger partial charge in [0.25, 0.3) is 0 Å². The van der Waals surface area contributed by atoms with Crippen LogP contribution >= 0.6 is 11.8 Å². The van der Waals surface area contributed by atoms with Crippen LogP contribution in [-0.2, 0) is 0 Å². The molecule has 0 aromatic heterocycles. The van der Waals surface area contributed by atoms with Gasteiger partial charge in [-0.25, -0.2) is 0 Å². The SMILES string of the molecule is CN1/C(=C(\C#N)C2=CSc3ccccc3N2)Nc2ccccc21. The molecule has 5 heteroatoms. The van der Waals surface area contributed by atoms with Gasteiger partial charge in [0.05, 0.1) is 22.8 Å². The predicted octanol–water partition coefficient (Wildman–Crippen LogP) is 4.34. The second-order valence-corrected chi connectivity index (χ2v) is 6.22. The molecule has 4 rings (SSSR count). The number of fused-ring (bicyclic) bond motifs is 2. The highest BCUT2D eigenvalue weighted by Crippen LogP contribution is 2.40. The van der Waals surface area contributed by atoms with Crippen LogP contribution < -0.4 is 15.5 Å². The molecule has 0 unspecified atom stereocenters. The van der Waals surface area contributed by atoms with Gasteiger partial charge in [-0.05, 0) is 24.3 Å². The number of nitrogens with zero attached hydrogens (tertiary/aromatic N) is 2. The molecule has 0 spiro atoms. The fourth-order valence-electron chi connectivity index (χ4n) is 2.77. The lowest BCUT2D eigenvalue weighted by atomic mass is 10.2. The van der Waals surface area contributed by atoms with E-state index in [1.54, 1.807) is 11.8 Å². The van der Waals surface area contributed by atoms with Gasteiger partial charge in [0, 0.05) is 17.4 Å². The Hall–Kier alpha value is -2.84. The Morgan fingerprint density at radius 2 is 1.78 bits per heavy atom. The third-order valence-corrected chi connectivity index (χ3v) is 4.90. The molecule has 2 aliphatic rings. The molecule has 2 N–H and O–H groups in total. The van der Waals surface area contributed by atoms with Crippen molar-refractivity contribution >= 4 is 28.8 Å². The smallest absolute Gasteiger partial charge is 0.131 e. The molecular weight excluding hydrogens is 304 g/mol. The molecule has 0 saturated carbocycles. The lowest BCUT2D eigenvalue weighted by molar-refractivity contribution is 1.13. The summed E-state index contributed by atoms with van der Waals surface area (Å²) in [7, 11) is 1.97. The summed E-state index contributed by atoms with van der Waals surface area (Å²) in [6.07, 6.45) is 0. The zero-order valence-corrected chi connectivity index (χ0v) is 13.3. The highest BCUT2D eigenvalue weighted by atomic mass is 32.2. The number of anilines is 3. The minimum atomic E-state index is 0.603. The van der Waals surface area contributed by atoms with Crippen molar-refractivity contribution in [3.8, 4) is 6.07 Å². The van der Waals surface area contributed by atoms with Gasteiger partial charge in [0.2, 0.25) is 0 Å². The van der Waals surface area contributed by atoms with Crippen LogP contribution in [0.5, 0.6) is 0 Å². The van der Waals surface area contributed by atoms with Crippen molar-refractivity contribution in [1.29, 1.82) is 5.26 Å². The number of benzene rings is 2. The van der Waals surface area contributed by atoms with E-state index in [-0.39, 0.29) is 0 Å². The number of nitrogens with one attached hydrogen (secondary N) is 2. The monoisotopic (exact) mass is 318 g/mol. The van der Waals surface area contributed by atoms with Gasteiger partial charge in [0.15, 0.2) is 0 Å². The molecule has 0 radical (unpaired) electrons. The number of thioether (sulfide) groups is 1. The van der Waals surface area contributed by atoms with Crippen molar-refractivity contribution in [2.24, 2.45) is 0 Å². The third kappa shape index (κ3) is 2.24. The molecule has 2 heterocycles. The predicted molar refractivity (Wildman–Crippen MR) is 95.1 cm³/mol. The van der Waals surface area contributed by atoms with E-state index in [0.717, 1.165) is 33.5 Å². The zero-order chi connectivity index (χ0) is 15.8. The summed E-state index contributed by atoms with van der Waals surface area (Å²) < 4.78 is 0. The second-order valence-electron chi connectivity index (χ2n) is 5.31. The molecule has 0 aliphatic carbocycles. The molecular formula is C18H14N4S. The van der Waals surface area contributed by atoms with E-state index in [1.165, 1.54) is 0 Å². The molecule has 4 nitrogen and oxygen atoms in total. The summed E-state index contributed by atoms with van der Waals surface area (Å²) in [6.45, 7) is 0. The Morgan fingerprint density at radius 1 is 1.04 bits per heavy atom. The number of nitriles is 1. The van der Waals surface area contributed by atoms with E-state index < -0.39 is 0 Å². The van der Waals surface area contributed by atoms with Crippen molar-refractivity contribution in [1.82, 2.24) is 0 Å². The van der Waals surface area contributed by atoms with Gasteiger partial charge < -0.3 is 15.5 Å². The Kier molecular flexibility index (Phi) is 3.25. The lowest BCUT2D eigenvalue weighted by Gasteiger charge is -2.21. The van der Waals surface area contributed by atoms with Crippen molar-refractivity contribution in [3.05, 3.63) is 71.0 Å². The van der Waals surface area contributed by atoms with Gasteiger partial charge in [-0.2, -0.15) is 5.26 Å². The molecule has 2 aromatic rings. The van der Waals surface area contributed by atoms with E-state index in [0.29, 0.717) is 5.57 Å². The molecule has 0 saturated heterocycles. The van der Waals surface area contributed by atoms with Crippen LogP contribution in [0.15, 0.2) is 75.9 Å². The van der Waals surface area contributed by atoms with Crippen molar-refractivity contribution in [2.45, 2.75) is 4.90 Å². The van der Waals surface area contributed by atoms with Crippen LogP contribution in [0.1, 0.15) is 0 Å². The molecule has 2 aromatic carbocycles. The minimum absolute atomic E-state index is 0.603. The Bertz CT molecular complexity index is 892. The number of allylic oxidation sites excluding steroid dienone is 1. The zero-order valence-electron chi connectivity index (χ0n) is 12.5. The van der Waals surface area contributed by atoms with Gasteiger partial charge in [-0.15, -0.1) is 0 Å². The maximum absolute atomic E-state index is 9.72. The maximum atomic E-state index is 9.72. The van der Waals surface area contributed by atoms with E-state index in [1.807, 2.05) is 59.8 Å². The summed E-state index contributed by atoms with van der Waals surface area (Å²) in [5.41, 5.74) is 4.53. The average molecular weight is 318 g/mol. The maximum Gasteiger partial charge on any atom is 0.131 e. The first-order chi connectivity index (χ1) is 11.3. The minimum Gasteiger partial charge on any atom is -0.353 e. The average Bonchev–Trinajstić information content (AvgIpc) is 2.93. The van der Waals surface area contributed by atoms with Crippen LogP contribution in [0.3, 0.4) is 0 Å². The summed E-state index contributed by atoms with van der Waals surface area (Å²) in [6, 6.07) is 18.5. The fraction of sp³-hybridized carbons (Fsp3) is 0.0556. The normalized spacial score (nSPS) is 17.2. The Morgan fingerprint density at radius 3 is 2.57 bits per heavy atom. The van der Waals surface area contributed by atoms with E-state index >= 15 is 0 Å². The first-order valence-electron chi connectivity index (χ1n) is 7.25. The molecule has 112 valence electrons. The van der Waals surface area contributed by atoms with E-state index in [2.05, 4.69) is 22.8 Å². The summed E-state index contributed by atoms with van der Waals surface area (Å²) in [5.74, 6) is 0.799. The molecule has 0 fully saturated rings. The molecule has 23 heavy (non-hydrogen) atoms. The lowest BCUT2D eigenvalue weighted by Crippen LogP contribution is -2.19. The first kappa shape index (κ1) is 13.8. The van der Waals surface area contributed by atoms with Crippen LogP contribution in [-0.4, -0.2) is 7.05 Å². The van der Waals surface area contributed by atoms with Crippen LogP contribution in [0, 0.1) is 11.3 Å². The molecule has 0 bridgehead atoms. The summed E-state index contributed by atoms with van der Waals surface area (Å²) >= 11 is 1.63. The van der Waals surface area contributed by atoms with Gasteiger partial charge >= 0.3 is 0 Å². The van der Waals surface area contributed by atoms with Gasteiger partial charge in [-0.3, -0.25) is 0 Å². The highest BCUT2D eigenvalue weighted by molar-refractivity contribution is 8.02. The largest absolute Gasteiger partial charge is 0.353 e. The highest BCUT2D eigenvalue weighted by Gasteiger charge is 2.26. The van der Waals surface area contributed by atoms with Gasteiger partial charge in [0.1, 0.15) is 17.5 Å². The van der Waals surface area contributed by atoms with E-state index in [4.69, 9.17) is 0 Å².